The average molecular weight is 688 g/mol. The summed E-state index contributed by atoms with van der Waals surface area (Å²) < 4.78 is 39.7. The number of urea groups is 1. The van der Waals surface area contributed by atoms with Crippen molar-refractivity contribution in [2.45, 2.75) is 67.9 Å². The summed E-state index contributed by atoms with van der Waals surface area (Å²) in [5.74, 6) is -0.576. The van der Waals surface area contributed by atoms with Crippen molar-refractivity contribution in [2.24, 2.45) is 5.92 Å². The highest BCUT2D eigenvalue weighted by Crippen LogP contribution is 2.46. The van der Waals surface area contributed by atoms with Crippen molar-refractivity contribution >= 4 is 38.6 Å². The summed E-state index contributed by atoms with van der Waals surface area (Å²) in [6, 6.07) is 16.0. The first-order valence-electron chi connectivity index (χ1n) is 16.9. The largest absolute Gasteiger partial charge is 0.497 e. The molecule has 4 unspecified atom stereocenters. The van der Waals surface area contributed by atoms with Crippen LogP contribution in [0.5, 0.6) is 11.6 Å². The van der Waals surface area contributed by atoms with Gasteiger partial charge in [0.25, 0.3) is 5.91 Å². The minimum absolute atomic E-state index is 0.120. The third-order valence-electron chi connectivity index (χ3n) is 9.94. The smallest absolute Gasteiger partial charge is 0.320 e. The molecule has 0 spiro atoms. The minimum Gasteiger partial charge on any atom is -0.497 e. The maximum absolute atomic E-state index is 14.1. The average Bonchev–Trinajstić information content (AvgIpc) is 4.02. The standard InChI is InChI=1S/C36H41N5O7S/c1-40-17-9-4-3-8-12-25-21-36(25,34(43)39-49(45,46)28-14-15-28)38-32(42)31-20-27(22-41(31)35(40)44)48-33-29-16-13-26(47-2)18-24(29)19-30(37-33)23-10-6-5-7-11-23/h5-8,10-13,16,18-19,25,27-28,31H,3-4,9,14-15,17,20-22H2,1-2H3,(H,38,42)(H,39,43)/b12-8+. The maximum atomic E-state index is 14.1. The summed E-state index contributed by atoms with van der Waals surface area (Å²) >= 11 is 0. The molecule has 2 aromatic carbocycles. The molecule has 12 nitrogen and oxygen atoms in total. The fourth-order valence-corrected chi connectivity index (χ4v) is 8.20. The molecule has 49 heavy (non-hydrogen) atoms. The number of ether oxygens (including phenoxy) is 2. The highest BCUT2D eigenvalue weighted by atomic mass is 32.2. The maximum Gasteiger partial charge on any atom is 0.320 e. The van der Waals surface area contributed by atoms with Crippen LogP contribution < -0.4 is 19.5 Å². The van der Waals surface area contributed by atoms with Crippen LogP contribution in [0.4, 0.5) is 4.79 Å². The lowest BCUT2D eigenvalue weighted by atomic mass is 10.1. The second-order valence-corrected chi connectivity index (χ2v) is 15.4. The Hall–Kier alpha value is -4.65. The second kappa shape index (κ2) is 13.0. The number of nitrogens with one attached hydrogen (secondary N) is 2. The summed E-state index contributed by atoms with van der Waals surface area (Å²) in [4.78, 5) is 49.5. The summed E-state index contributed by atoms with van der Waals surface area (Å²) in [5, 5.41) is 3.93. The summed E-state index contributed by atoms with van der Waals surface area (Å²) in [7, 11) is -0.508. The van der Waals surface area contributed by atoms with Crippen LogP contribution in [0, 0.1) is 5.92 Å². The van der Waals surface area contributed by atoms with Gasteiger partial charge in [0.1, 0.15) is 23.4 Å². The predicted octanol–water partition coefficient (Wildman–Crippen LogP) is 4.01. The molecule has 2 N–H and O–H groups in total. The lowest BCUT2D eigenvalue weighted by molar-refractivity contribution is -0.131. The van der Waals surface area contributed by atoms with Crippen LogP contribution in [0.25, 0.3) is 22.0 Å². The quantitative estimate of drug-likeness (QED) is 0.355. The Morgan fingerprint density at radius 3 is 2.63 bits per heavy atom. The van der Waals surface area contributed by atoms with E-state index < -0.39 is 44.8 Å². The number of amides is 4. The third kappa shape index (κ3) is 6.68. The molecule has 1 saturated heterocycles. The fraction of sp³-hybridized carbons (Fsp3) is 0.444. The Bertz CT molecular complexity index is 1920. The van der Waals surface area contributed by atoms with Crippen molar-refractivity contribution in [3.05, 3.63) is 66.7 Å². The molecule has 2 saturated carbocycles. The monoisotopic (exact) mass is 687 g/mol. The zero-order valence-electron chi connectivity index (χ0n) is 27.6. The zero-order chi connectivity index (χ0) is 34.3. The Labute approximate surface area is 285 Å². The molecule has 1 aromatic heterocycles. The van der Waals surface area contributed by atoms with Crippen LogP contribution in [0.2, 0.25) is 0 Å². The molecule has 4 aliphatic rings. The highest BCUT2D eigenvalue weighted by Gasteiger charge is 2.62. The van der Waals surface area contributed by atoms with E-state index in [2.05, 4.69) is 10.0 Å². The number of hydrogen-bond acceptors (Lipinski definition) is 8. The van der Waals surface area contributed by atoms with Crippen molar-refractivity contribution in [3.63, 3.8) is 0 Å². The van der Waals surface area contributed by atoms with Crippen LogP contribution in [-0.2, 0) is 19.6 Å². The Morgan fingerprint density at radius 2 is 1.88 bits per heavy atom. The number of aromatic nitrogens is 1. The summed E-state index contributed by atoms with van der Waals surface area (Å²) in [6.45, 7) is 0.639. The third-order valence-corrected chi connectivity index (χ3v) is 11.8. The van der Waals surface area contributed by atoms with Gasteiger partial charge in [-0.1, -0.05) is 42.5 Å². The Balaban J connectivity index is 1.19. The Morgan fingerprint density at radius 1 is 1.08 bits per heavy atom. The molecule has 2 aliphatic carbocycles. The van der Waals surface area contributed by atoms with Gasteiger partial charge in [-0.05, 0) is 68.2 Å². The van der Waals surface area contributed by atoms with Gasteiger partial charge in [-0.25, -0.2) is 18.2 Å². The predicted molar refractivity (Wildman–Crippen MR) is 183 cm³/mol. The lowest BCUT2D eigenvalue weighted by Gasteiger charge is -2.30. The second-order valence-electron chi connectivity index (χ2n) is 13.5. The normalized spacial score (nSPS) is 26.6. The van der Waals surface area contributed by atoms with Crippen LogP contribution in [-0.4, -0.2) is 91.2 Å². The number of benzene rings is 2. The van der Waals surface area contributed by atoms with E-state index in [-0.39, 0.29) is 31.3 Å². The SMILES string of the molecule is COc1ccc2c(OC3CC4C(=O)NC5(C(=O)NS(=O)(=O)C6CC6)CC5/C=C/CCCCN(C)C(=O)N4C3)nc(-c3ccccc3)cc2c1. The number of carbonyl (C=O) groups excluding carboxylic acids is 3. The number of fused-ring (bicyclic) bond motifs is 3. The highest BCUT2D eigenvalue weighted by molar-refractivity contribution is 7.91. The minimum atomic E-state index is -3.83. The fourth-order valence-electron chi connectivity index (χ4n) is 6.83. The van der Waals surface area contributed by atoms with E-state index in [1.807, 2.05) is 66.7 Å². The number of sulfonamides is 1. The molecule has 4 atom stereocenters. The van der Waals surface area contributed by atoms with Crippen molar-refractivity contribution in [1.29, 1.82) is 0 Å². The van der Waals surface area contributed by atoms with Crippen LogP contribution in [0.15, 0.2) is 66.7 Å². The van der Waals surface area contributed by atoms with Crippen molar-refractivity contribution in [3.8, 4) is 22.9 Å². The first-order chi connectivity index (χ1) is 23.6. The number of allylic oxidation sites excluding steroid dienone is 1. The molecule has 258 valence electrons. The topological polar surface area (TPSA) is 147 Å². The molecular weight excluding hydrogens is 646 g/mol. The van der Waals surface area contributed by atoms with Gasteiger partial charge in [0, 0.05) is 36.9 Å². The van der Waals surface area contributed by atoms with E-state index in [1.165, 1.54) is 4.90 Å². The van der Waals surface area contributed by atoms with Gasteiger partial charge in [-0.2, -0.15) is 0 Å². The van der Waals surface area contributed by atoms with Gasteiger partial charge in [0.15, 0.2) is 0 Å². The van der Waals surface area contributed by atoms with Gasteiger partial charge >= 0.3 is 6.03 Å². The molecule has 3 fully saturated rings. The van der Waals surface area contributed by atoms with E-state index in [9.17, 15) is 22.8 Å². The van der Waals surface area contributed by atoms with Crippen LogP contribution in [0.1, 0.15) is 44.9 Å². The molecule has 3 aromatic rings. The molecule has 0 bridgehead atoms. The number of rotatable bonds is 7. The van der Waals surface area contributed by atoms with Gasteiger partial charge in [0.05, 0.1) is 24.6 Å². The molecular formula is C36H41N5O7S. The molecule has 7 rings (SSSR count). The van der Waals surface area contributed by atoms with Gasteiger partial charge in [-0.15, -0.1) is 0 Å². The van der Waals surface area contributed by atoms with E-state index in [0.717, 1.165) is 35.6 Å². The molecule has 2 aliphatic heterocycles. The van der Waals surface area contributed by atoms with E-state index in [4.69, 9.17) is 14.5 Å². The Kier molecular flexibility index (Phi) is 8.72. The number of carbonyl (C=O) groups is 3. The molecule has 3 heterocycles. The first-order valence-corrected chi connectivity index (χ1v) is 18.4. The summed E-state index contributed by atoms with van der Waals surface area (Å²) in [6.07, 6.45) is 7.04. The van der Waals surface area contributed by atoms with E-state index >= 15 is 0 Å². The number of nitrogens with zero attached hydrogens (tertiary/aromatic N) is 3. The van der Waals surface area contributed by atoms with Crippen molar-refractivity contribution in [1.82, 2.24) is 24.8 Å². The van der Waals surface area contributed by atoms with Crippen LogP contribution >= 0.6 is 0 Å². The van der Waals surface area contributed by atoms with Gasteiger partial charge < -0.3 is 24.6 Å². The van der Waals surface area contributed by atoms with E-state index in [1.54, 1.807) is 19.1 Å². The van der Waals surface area contributed by atoms with E-state index in [0.29, 0.717) is 36.7 Å². The zero-order valence-corrected chi connectivity index (χ0v) is 28.4. The van der Waals surface area contributed by atoms with Gasteiger partial charge in [-0.3, -0.25) is 14.3 Å². The first kappa shape index (κ1) is 32.9. The lowest BCUT2D eigenvalue weighted by Crippen LogP contribution is -2.57. The van der Waals surface area contributed by atoms with Crippen molar-refractivity contribution in [2.75, 3.05) is 27.2 Å². The summed E-state index contributed by atoms with van der Waals surface area (Å²) in [5.41, 5.74) is 0.181. The number of hydrogen-bond donors (Lipinski definition) is 2. The molecule has 4 amide bonds. The van der Waals surface area contributed by atoms with Gasteiger partial charge in [0.2, 0.25) is 21.8 Å². The number of pyridine rings is 1. The molecule has 0 radical (unpaired) electrons. The number of methoxy groups -OCH3 is 1. The molecule has 13 heteroatoms. The van der Waals surface area contributed by atoms with Crippen molar-refractivity contribution < 1.29 is 32.3 Å². The van der Waals surface area contributed by atoms with Crippen LogP contribution in [0.3, 0.4) is 0 Å².